The van der Waals surface area contributed by atoms with Gasteiger partial charge in [-0.15, -0.1) is 11.3 Å². The molecule has 4 aromatic rings. The Labute approximate surface area is 199 Å². The van der Waals surface area contributed by atoms with Gasteiger partial charge in [0, 0.05) is 36.0 Å². The van der Waals surface area contributed by atoms with Crippen LogP contribution in [-0.2, 0) is 11.2 Å². The molecule has 0 aliphatic carbocycles. The second kappa shape index (κ2) is 9.77. The minimum atomic E-state index is -1.14. The number of aromatic nitrogens is 4. The SMILES string of the molecule is OC(c1ccc(F)c(-c2ncnc3cc(CCC4CCOCC4)sc23)c1)c1nccnc1Cl. The van der Waals surface area contributed by atoms with Crippen LogP contribution in [0.15, 0.2) is 43.0 Å². The first-order valence-electron chi connectivity index (χ1n) is 10.9. The van der Waals surface area contributed by atoms with E-state index in [9.17, 15) is 9.50 Å². The summed E-state index contributed by atoms with van der Waals surface area (Å²) in [6, 6.07) is 6.50. The fourth-order valence-corrected chi connectivity index (χ4v) is 5.50. The van der Waals surface area contributed by atoms with Gasteiger partial charge in [0.1, 0.15) is 23.9 Å². The Morgan fingerprint density at radius 2 is 1.94 bits per heavy atom. The Hall–Kier alpha value is -2.52. The molecule has 3 aromatic heterocycles. The van der Waals surface area contributed by atoms with E-state index in [4.69, 9.17) is 16.3 Å². The zero-order valence-electron chi connectivity index (χ0n) is 17.7. The third-order valence-corrected chi connectivity index (χ3v) is 7.48. The first-order chi connectivity index (χ1) is 16.1. The lowest BCUT2D eigenvalue weighted by atomic mass is 9.95. The normalized spacial score (nSPS) is 15.7. The molecule has 6 nitrogen and oxygen atoms in total. The lowest BCUT2D eigenvalue weighted by Gasteiger charge is -2.21. The van der Waals surface area contributed by atoms with E-state index in [2.05, 4.69) is 26.0 Å². The van der Waals surface area contributed by atoms with E-state index in [1.54, 1.807) is 17.4 Å². The molecule has 0 saturated carbocycles. The number of hydrogen-bond donors (Lipinski definition) is 1. The fourth-order valence-electron chi connectivity index (χ4n) is 4.17. The highest BCUT2D eigenvalue weighted by Crippen LogP contribution is 2.36. The number of aliphatic hydroxyl groups excluding tert-OH is 1. The zero-order chi connectivity index (χ0) is 22.8. The van der Waals surface area contributed by atoms with Gasteiger partial charge in [-0.25, -0.2) is 19.3 Å². The van der Waals surface area contributed by atoms with Gasteiger partial charge in [0.2, 0.25) is 0 Å². The lowest BCUT2D eigenvalue weighted by Crippen LogP contribution is -2.15. The third kappa shape index (κ3) is 4.75. The van der Waals surface area contributed by atoms with Crippen LogP contribution in [0.4, 0.5) is 4.39 Å². The van der Waals surface area contributed by atoms with Crippen LogP contribution in [0.2, 0.25) is 5.15 Å². The molecule has 1 aliphatic rings. The molecule has 33 heavy (non-hydrogen) atoms. The van der Waals surface area contributed by atoms with Crippen molar-refractivity contribution in [2.24, 2.45) is 5.92 Å². The largest absolute Gasteiger partial charge is 0.382 e. The Balaban J connectivity index is 1.46. The molecule has 9 heteroatoms. The van der Waals surface area contributed by atoms with E-state index in [0.717, 1.165) is 49.1 Å². The minimum absolute atomic E-state index is 0.104. The predicted molar refractivity (Wildman–Crippen MR) is 126 cm³/mol. The highest BCUT2D eigenvalue weighted by Gasteiger charge is 2.21. The molecule has 5 rings (SSSR count). The van der Waals surface area contributed by atoms with Gasteiger partial charge in [0.15, 0.2) is 5.15 Å². The maximum Gasteiger partial charge on any atom is 0.153 e. The molecule has 1 atom stereocenters. The molecule has 0 bridgehead atoms. The molecule has 1 N–H and O–H groups in total. The topological polar surface area (TPSA) is 81.0 Å². The zero-order valence-corrected chi connectivity index (χ0v) is 19.3. The second-order valence-electron chi connectivity index (χ2n) is 8.12. The Morgan fingerprint density at radius 3 is 2.76 bits per heavy atom. The van der Waals surface area contributed by atoms with Gasteiger partial charge in [-0.1, -0.05) is 17.7 Å². The summed E-state index contributed by atoms with van der Waals surface area (Å²) in [6.07, 6.45) is 7.48. The molecule has 4 heterocycles. The number of ether oxygens (including phenoxy) is 1. The Bertz CT molecular complexity index is 1280. The van der Waals surface area contributed by atoms with E-state index in [0.29, 0.717) is 22.7 Å². The molecule has 1 fully saturated rings. The number of hydrogen-bond acceptors (Lipinski definition) is 7. The lowest BCUT2D eigenvalue weighted by molar-refractivity contribution is 0.0641. The summed E-state index contributed by atoms with van der Waals surface area (Å²) >= 11 is 7.69. The number of fused-ring (bicyclic) bond motifs is 1. The molecular formula is C24H22ClFN4O2S. The van der Waals surface area contributed by atoms with Crippen molar-refractivity contribution in [3.05, 3.63) is 70.1 Å². The van der Waals surface area contributed by atoms with Gasteiger partial charge >= 0.3 is 0 Å². The number of benzene rings is 1. The molecule has 1 aliphatic heterocycles. The fraction of sp³-hybridized carbons (Fsp3) is 0.333. The molecule has 1 saturated heterocycles. The van der Waals surface area contributed by atoms with E-state index >= 15 is 0 Å². The maximum absolute atomic E-state index is 14.9. The van der Waals surface area contributed by atoms with Crippen LogP contribution in [-0.4, -0.2) is 38.3 Å². The summed E-state index contributed by atoms with van der Waals surface area (Å²) in [6.45, 7) is 1.68. The first kappa shape index (κ1) is 22.3. The van der Waals surface area contributed by atoms with Crippen molar-refractivity contribution in [2.75, 3.05) is 13.2 Å². The van der Waals surface area contributed by atoms with Crippen LogP contribution in [0.5, 0.6) is 0 Å². The second-order valence-corrected chi connectivity index (χ2v) is 9.61. The van der Waals surface area contributed by atoms with Crippen LogP contribution >= 0.6 is 22.9 Å². The Morgan fingerprint density at radius 1 is 1.12 bits per heavy atom. The smallest absolute Gasteiger partial charge is 0.153 e. The molecule has 0 spiro atoms. The standard InChI is InChI=1S/C24H22ClFN4O2S/c25-24-21(27-7-8-28-24)22(31)15-2-4-18(26)17(11-15)20-23-19(29-13-30-20)12-16(33-23)3-1-14-5-9-32-10-6-14/h2,4,7-8,11-14,22,31H,1,3,5-6,9-10H2. The molecular weight excluding hydrogens is 463 g/mol. The predicted octanol–water partition coefficient (Wildman–Crippen LogP) is 5.38. The van der Waals surface area contributed by atoms with Crippen LogP contribution in [0, 0.1) is 11.7 Å². The number of halogens is 2. The summed E-state index contributed by atoms with van der Waals surface area (Å²) in [5.74, 6) is 0.256. The van der Waals surface area contributed by atoms with Gasteiger partial charge in [0.05, 0.1) is 15.9 Å². The number of aryl methyl sites for hydroxylation is 1. The van der Waals surface area contributed by atoms with Crippen molar-refractivity contribution in [1.29, 1.82) is 0 Å². The van der Waals surface area contributed by atoms with Gasteiger partial charge in [0.25, 0.3) is 0 Å². The molecule has 0 radical (unpaired) electrons. The number of rotatable bonds is 6. The van der Waals surface area contributed by atoms with Crippen molar-refractivity contribution in [3.8, 4) is 11.3 Å². The first-order valence-corrected chi connectivity index (χ1v) is 12.0. The van der Waals surface area contributed by atoms with Crippen LogP contribution in [0.3, 0.4) is 0 Å². The average Bonchev–Trinajstić information content (AvgIpc) is 3.27. The molecule has 170 valence electrons. The van der Waals surface area contributed by atoms with Crippen LogP contribution in [0.1, 0.15) is 41.5 Å². The monoisotopic (exact) mass is 484 g/mol. The van der Waals surface area contributed by atoms with E-state index in [1.165, 1.54) is 35.7 Å². The summed E-state index contributed by atoms with van der Waals surface area (Å²) in [7, 11) is 0. The molecule has 1 aromatic carbocycles. The van der Waals surface area contributed by atoms with Gasteiger partial charge in [-0.2, -0.15) is 0 Å². The third-order valence-electron chi connectivity index (χ3n) is 6.00. The highest BCUT2D eigenvalue weighted by atomic mass is 35.5. The van der Waals surface area contributed by atoms with Gasteiger partial charge in [-0.3, -0.25) is 4.98 Å². The Kier molecular flexibility index (Phi) is 6.59. The highest BCUT2D eigenvalue weighted by molar-refractivity contribution is 7.19. The van der Waals surface area contributed by atoms with E-state index in [1.807, 2.05) is 0 Å². The van der Waals surface area contributed by atoms with Crippen LogP contribution < -0.4 is 0 Å². The van der Waals surface area contributed by atoms with Crippen molar-refractivity contribution in [1.82, 2.24) is 19.9 Å². The summed E-state index contributed by atoms with van der Waals surface area (Å²) in [4.78, 5) is 18.1. The summed E-state index contributed by atoms with van der Waals surface area (Å²) in [5, 5.41) is 10.9. The number of aliphatic hydroxyl groups is 1. The van der Waals surface area contributed by atoms with Crippen molar-refractivity contribution >= 4 is 33.2 Å². The number of nitrogens with zero attached hydrogens (tertiary/aromatic N) is 4. The van der Waals surface area contributed by atoms with Crippen molar-refractivity contribution < 1.29 is 14.2 Å². The maximum atomic E-state index is 14.9. The summed E-state index contributed by atoms with van der Waals surface area (Å²) < 4.78 is 21.2. The van der Waals surface area contributed by atoms with Crippen LogP contribution in [0.25, 0.3) is 21.5 Å². The quantitative estimate of drug-likeness (QED) is 0.395. The minimum Gasteiger partial charge on any atom is -0.382 e. The van der Waals surface area contributed by atoms with Crippen molar-refractivity contribution in [3.63, 3.8) is 0 Å². The van der Waals surface area contributed by atoms with Gasteiger partial charge < -0.3 is 9.84 Å². The molecule has 0 amide bonds. The number of thiophene rings is 1. The van der Waals surface area contributed by atoms with E-state index in [-0.39, 0.29) is 10.8 Å². The van der Waals surface area contributed by atoms with Gasteiger partial charge in [-0.05, 0) is 55.4 Å². The summed E-state index contributed by atoms with van der Waals surface area (Å²) in [5.41, 5.74) is 2.29. The van der Waals surface area contributed by atoms with Crippen molar-refractivity contribution in [2.45, 2.75) is 31.8 Å². The molecule has 1 unspecified atom stereocenters. The average molecular weight is 485 g/mol. The van der Waals surface area contributed by atoms with E-state index < -0.39 is 11.9 Å².